The van der Waals surface area contributed by atoms with Crippen LogP contribution in [0.15, 0.2) is 60.7 Å². The van der Waals surface area contributed by atoms with Crippen LogP contribution in [0.1, 0.15) is 30.0 Å². The van der Waals surface area contributed by atoms with Gasteiger partial charge in [-0.15, -0.1) is 0 Å². The van der Waals surface area contributed by atoms with Crippen LogP contribution < -0.4 is 5.32 Å². The lowest BCUT2D eigenvalue weighted by molar-refractivity contribution is -0.134. The van der Waals surface area contributed by atoms with Gasteiger partial charge in [0.25, 0.3) is 0 Å². The summed E-state index contributed by atoms with van der Waals surface area (Å²) in [5.74, 6) is 0.342. The van der Waals surface area contributed by atoms with Crippen LogP contribution in [0.5, 0.6) is 0 Å². The lowest BCUT2D eigenvalue weighted by atomic mass is 9.99. The van der Waals surface area contributed by atoms with Gasteiger partial charge in [-0.25, -0.2) is 0 Å². The van der Waals surface area contributed by atoms with Gasteiger partial charge in [-0.05, 0) is 24.0 Å². The molecule has 2 aliphatic heterocycles. The van der Waals surface area contributed by atoms with Gasteiger partial charge in [0.1, 0.15) is 0 Å². The molecule has 31 heavy (non-hydrogen) atoms. The lowest BCUT2D eigenvalue weighted by Gasteiger charge is -2.35. The van der Waals surface area contributed by atoms with Crippen LogP contribution in [0.2, 0.25) is 0 Å². The van der Waals surface area contributed by atoms with Gasteiger partial charge in [-0.2, -0.15) is 0 Å². The third-order valence-electron chi connectivity index (χ3n) is 6.27. The molecular weight excluding hydrogens is 388 g/mol. The summed E-state index contributed by atoms with van der Waals surface area (Å²) in [7, 11) is 0. The predicted molar refractivity (Wildman–Crippen MR) is 122 cm³/mol. The Kier molecular flexibility index (Phi) is 7.33. The number of likely N-dealkylation sites (tertiary alicyclic amines) is 1. The Labute approximate surface area is 184 Å². The maximum atomic E-state index is 12.9. The van der Waals surface area contributed by atoms with E-state index < -0.39 is 0 Å². The minimum atomic E-state index is -0.0225. The number of carbonyl (C=O) groups is 2. The van der Waals surface area contributed by atoms with E-state index in [1.54, 1.807) is 0 Å². The van der Waals surface area contributed by atoms with Crippen molar-refractivity contribution in [1.82, 2.24) is 20.0 Å². The van der Waals surface area contributed by atoms with E-state index in [0.717, 1.165) is 50.1 Å². The largest absolute Gasteiger partial charge is 0.342 e. The fourth-order valence-corrected chi connectivity index (χ4v) is 4.43. The molecule has 2 aromatic carbocycles. The van der Waals surface area contributed by atoms with Crippen molar-refractivity contribution in [3.8, 4) is 0 Å². The molecule has 164 valence electrons. The zero-order chi connectivity index (χ0) is 21.5. The average molecular weight is 421 g/mol. The highest BCUT2D eigenvalue weighted by Crippen LogP contribution is 2.21. The molecule has 2 fully saturated rings. The fourth-order valence-electron chi connectivity index (χ4n) is 4.43. The van der Waals surface area contributed by atoms with Crippen molar-refractivity contribution in [3.05, 3.63) is 71.8 Å². The quantitative estimate of drug-likeness (QED) is 0.746. The highest BCUT2D eigenvalue weighted by atomic mass is 16.2. The number of amides is 2. The molecule has 0 saturated carbocycles. The van der Waals surface area contributed by atoms with E-state index in [0.29, 0.717) is 26.2 Å². The van der Waals surface area contributed by atoms with Crippen LogP contribution in [0.4, 0.5) is 0 Å². The van der Waals surface area contributed by atoms with E-state index >= 15 is 0 Å². The fraction of sp³-hybridized carbons (Fsp3) is 0.440. The van der Waals surface area contributed by atoms with E-state index in [9.17, 15) is 9.59 Å². The van der Waals surface area contributed by atoms with Crippen molar-refractivity contribution in [2.24, 2.45) is 0 Å². The number of nitrogens with zero attached hydrogens (tertiary/aromatic N) is 3. The van der Waals surface area contributed by atoms with Crippen LogP contribution in [0, 0.1) is 0 Å². The smallest absolute Gasteiger partial charge is 0.236 e. The van der Waals surface area contributed by atoms with Crippen LogP contribution in [0.25, 0.3) is 0 Å². The summed E-state index contributed by atoms with van der Waals surface area (Å²) in [6.45, 7) is 5.42. The van der Waals surface area contributed by atoms with Gasteiger partial charge in [-0.1, -0.05) is 60.7 Å². The molecule has 2 aliphatic rings. The van der Waals surface area contributed by atoms with E-state index in [2.05, 4.69) is 34.5 Å². The number of hydrogen-bond acceptors (Lipinski definition) is 4. The molecule has 0 atom stereocenters. The molecule has 0 bridgehead atoms. The molecule has 0 aromatic heterocycles. The SMILES string of the molecule is O=C(CNC(c1ccccc1)c1ccccc1)N1CCN(CC(=O)N2CCCC2)CC1. The Morgan fingerprint density at radius 1 is 0.710 bits per heavy atom. The lowest BCUT2D eigenvalue weighted by Crippen LogP contribution is -2.53. The molecule has 6 nitrogen and oxygen atoms in total. The number of piperazine rings is 1. The zero-order valence-corrected chi connectivity index (χ0v) is 18.1. The number of benzene rings is 2. The Bertz CT molecular complexity index is 805. The summed E-state index contributed by atoms with van der Waals surface area (Å²) in [6.07, 6.45) is 2.24. The summed E-state index contributed by atoms with van der Waals surface area (Å²) in [4.78, 5) is 31.3. The molecule has 0 radical (unpaired) electrons. The predicted octanol–water partition coefficient (Wildman–Crippen LogP) is 2.13. The monoisotopic (exact) mass is 420 g/mol. The molecule has 1 N–H and O–H groups in total. The molecule has 2 aromatic rings. The Morgan fingerprint density at radius 3 is 1.77 bits per heavy atom. The van der Waals surface area contributed by atoms with Crippen LogP contribution in [-0.4, -0.2) is 78.9 Å². The first-order valence-electron chi connectivity index (χ1n) is 11.3. The first-order chi connectivity index (χ1) is 15.2. The molecule has 0 aliphatic carbocycles. The Hall–Kier alpha value is -2.70. The van der Waals surface area contributed by atoms with Crippen LogP contribution >= 0.6 is 0 Å². The highest BCUT2D eigenvalue weighted by Gasteiger charge is 2.25. The molecule has 2 heterocycles. The number of hydrogen-bond donors (Lipinski definition) is 1. The summed E-state index contributed by atoms with van der Waals surface area (Å²) in [5.41, 5.74) is 2.29. The second-order valence-corrected chi connectivity index (χ2v) is 8.38. The van der Waals surface area contributed by atoms with Gasteiger partial charge in [0.2, 0.25) is 11.8 Å². The number of carbonyl (C=O) groups excluding carboxylic acids is 2. The second-order valence-electron chi connectivity index (χ2n) is 8.38. The van der Waals surface area contributed by atoms with E-state index in [1.807, 2.05) is 46.2 Å². The highest BCUT2D eigenvalue weighted by molar-refractivity contribution is 5.79. The van der Waals surface area contributed by atoms with Gasteiger partial charge in [0, 0.05) is 39.3 Å². The minimum absolute atomic E-state index is 0.0225. The third kappa shape index (κ3) is 5.71. The topological polar surface area (TPSA) is 55.9 Å². The third-order valence-corrected chi connectivity index (χ3v) is 6.27. The summed E-state index contributed by atoms with van der Waals surface area (Å²) in [5, 5.41) is 3.46. The summed E-state index contributed by atoms with van der Waals surface area (Å²) < 4.78 is 0. The Morgan fingerprint density at radius 2 is 1.23 bits per heavy atom. The molecule has 0 spiro atoms. The summed E-state index contributed by atoms with van der Waals surface area (Å²) >= 11 is 0. The van der Waals surface area contributed by atoms with Crippen LogP contribution in [0.3, 0.4) is 0 Å². The van der Waals surface area contributed by atoms with Crippen molar-refractivity contribution < 1.29 is 9.59 Å². The molecule has 4 rings (SSSR count). The van der Waals surface area contributed by atoms with Gasteiger partial charge in [0.05, 0.1) is 19.1 Å². The molecule has 0 unspecified atom stereocenters. The molecule has 6 heteroatoms. The molecule has 2 amide bonds. The molecular formula is C25H32N4O2. The van der Waals surface area contributed by atoms with E-state index in [4.69, 9.17) is 0 Å². The van der Waals surface area contributed by atoms with Crippen LogP contribution in [-0.2, 0) is 9.59 Å². The number of nitrogens with one attached hydrogen (secondary N) is 1. The van der Waals surface area contributed by atoms with Gasteiger partial charge in [0.15, 0.2) is 0 Å². The number of rotatable bonds is 7. The van der Waals surface area contributed by atoms with E-state index in [1.165, 1.54) is 0 Å². The van der Waals surface area contributed by atoms with Crippen molar-refractivity contribution >= 4 is 11.8 Å². The van der Waals surface area contributed by atoms with Crippen molar-refractivity contribution in [2.75, 3.05) is 52.4 Å². The normalized spacial score (nSPS) is 17.3. The van der Waals surface area contributed by atoms with Gasteiger partial charge in [-0.3, -0.25) is 19.8 Å². The maximum absolute atomic E-state index is 12.9. The van der Waals surface area contributed by atoms with Gasteiger partial charge < -0.3 is 9.80 Å². The maximum Gasteiger partial charge on any atom is 0.236 e. The first kappa shape index (κ1) is 21.5. The standard InChI is InChI=1S/C25H32N4O2/c30-23(29-17-15-27(16-18-29)20-24(31)28-13-7-8-14-28)19-26-25(21-9-3-1-4-10-21)22-11-5-2-6-12-22/h1-6,9-12,25-26H,7-8,13-20H2. The Balaban J connectivity index is 1.28. The summed E-state index contributed by atoms with van der Waals surface area (Å²) in [6, 6.07) is 20.4. The molecule has 2 saturated heterocycles. The first-order valence-corrected chi connectivity index (χ1v) is 11.3. The second kappa shape index (κ2) is 10.6. The zero-order valence-electron chi connectivity index (χ0n) is 18.1. The minimum Gasteiger partial charge on any atom is -0.342 e. The van der Waals surface area contributed by atoms with Crippen molar-refractivity contribution in [1.29, 1.82) is 0 Å². The van der Waals surface area contributed by atoms with Crippen molar-refractivity contribution in [2.45, 2.75) is 18.9 Å². The van der Waals surface area contributed by atoms with Gasteiger partial charge >= 0.3 is 0 Å². The van der Waals surface area contributed by atoms with E-state index in [-0.39, 0.29) is 17.9 Å². The average Bonchev–Trinajstić information content (AvgIpc) is 3.36. The van der Waals surface area contributed by atoms with Crippen molar-refractivity contribution in [3.63, 3.8) is 0 Å².